The number of rotatable bonds is 4. The lowest BCUT2D eigenvalue weighted by atomic mass is 10.1. The third kappa shape index (κ3) is 3.20. The Bertz CT molecular complexity index is 784. The van der Waals surface area contributed by atoms with Gasteiger partial charge in [-0.05, 0) is 36.4 Å². The highest BCUT2D eigenvalue weighted by molar-refractivity contribution is 6.30. The minimum Gasteiger partial charge on any atom is -0.485 e. The van der Waals surface area contributed by atoms with E-state index in [0.29, 0.717) is 16.3 Å². The van der Waals surface area contributed by atoms with Gasteiger partial charge in [0.25, 0.3) is 0 Å². The molecule has 0 saturated carbocycles. The molecule has 0 atom stereocenters. The fraction of sp³-hybridized carbons (Fsp3) is 0.0588. The lowest BCUT2D eigenvalue weighted by molar-refractivity contribution is 0.0921. The van der Waals surface area contributed by atoms with Gasteiger partial charge in [0.15, 0.2) is 12.4 Å². The first-order valence-electron chi connectivity index (χ1n) is 6.49. The summed E-state index contributed by atoms with van der Waals surface area (Å²) in [7, 11) is 0. The van der Waals surface area contributed by atoms with Crippen LogP contribution in [0, 0.1) is 0 Å². The number of fused-ring (bicyclic) bond motifs is 1. The standard InChI is InChI=1S/C17H12ClNO2/c18-14-5-7-15(8-6-14)21-11-17(20)13-4-3-12-2-1-9-19-16(12)10-13/h1-10H,11H2. The molecule has 0 unspecified atom stereocenters. The number of hydrogen-bond acceptors (Lipinski definition) is 3. The summed E-state index contributed by atoms with van der Waals surface area (Å²) >= 11 is 5.80. The van der Waals surface area contributed by atoms with E-state index in [1.54, 1.807) is 42.6 Å². The zero-order valence-electron chi connectivity index (χ0n) is 11.1. The Balaban J connectivity index is 1.73. The maximum absolute atomic E-state index is 12.1. The van der Waals surface area contributed by atoms with Crippen LogP contribution in [0.15, 0.2) is 60.8 Å². The number of pyridine rings is 1. The summed E-state index contributed by atoms with van der Waals surface area (Å²) in [4.78, 5) is 16.4. The summed E-state index contributed by atoms with van der Waals surface area (Å²) < 4.78 is 5.46. The first-order chi connectivity index (χ1) is 10.2. The number of benzene rings is 2. The SMILES string of the molecule is O=C(COc1ccc(Cl)cc1)c1ccc2cccnc2c1. The van der Waals surface area contributed by atoms with E-state index in [1.807, 2.05) is 18.2 Å². The van der Waals surface area contributed by atoms with Crippen LogP contribution in [0.2, 0.25) is 5.02 Å². The Labute approximate surface area is 127 Å². The molecule has 1 heterocycles. The van der Waals surface area contributed by atoms with Crippen molar-refractivity contribution in [2.45, 2.75) is 0 Å². The average molecular weight is 298 g/mol. The van der Waals surface area contributed by atoms with E-state index in [1.165, 1.54) is 0 Å². The maximum atomic E-state index is 12.1. The van der Waals surface area contributed by atoms with Crippen LogP contribution in [0.4, 0.5) is 0 Å². The molecule has 104 valence electrons. The maximum Gasteiger partial charge on any atom is 0.200 e. The van der Waals surface area contributed by atoms with Crippen molar-refractivity contribution in [1.29, 1.82) is 0 Å². The van der Waals surface area contributed by atoms with Gasteiger partial charge in [-0.1, -0.05) is 29.8 Å². The van der Waals surface area contributed by atoms with Gasteiger partial charge >= 0.3 is 0 Å². The monoisotopic (exact) mass is 297 g/mol. The molecule has 0 saturated heterocycles. The van der Waals surface area contributed by atoms with Crippen LogP contribution in [-0.4, -0.2) is 17.4 Å². The summed E-state index contributed by atoms with van der Waals surface area (Å²) in [5, 5.41) is 1.64. The fourth-order valence-electron chi connectivity index (χ4n) is 2.00. The molecular weight excluding hydrogens is 286 g/mol. The zero-order chi connectivity index (χ0) is 14.7. The molecule has 0 spiro atoms. The molecule has 2 aromatic carbocycles. The average Bonchev–Trinajstić information content (AvgIpc) is 2.53. The van der Waals surface area contributed by atoms with Crippen LogP contribution in [0.25, 0.3) is 10.9 Å². The van der Waals surface area contributed by atoms with Crippen molar-refractivity contribution in [2.24, 2.45) is 0 Å². The number of ketones is 1. The summed E-state index contributed by atoms with van der Waals surface area (Å²) in [5.41, 5.74) is 1.39. The van der Waals surface area contributed by atoms with Crippen molar-refractivity contribution in [2.75, 3.05) is 6.61 Å². The number of carbonyl (C=O) groups excluding carboxylic acids is 1. The molecule has 0 bridgehead atoms. The van der Waals surface area contributed by atoms with Crippen molar-refractivity contribution >= 4 is 28.3 Å². The van der Waals surface area contributed by atoms with Crippen LogP contribution in [0.3, 0.4) is 0 Å². The molecule has 0 aliphatic heterocycles. The van der Waals surface area contributed by atoms with E-state index in [-0.39, 0.29) is 12.4 Å². The quantitative estimate of drug-likeness (QED) is 0.679. The predicted octanol–water partition coefficient (Wildman–Crippen LogP) is 4.15. The van der Waals surface area contributed by atoms with E-state index in [0.717, 1.165) is 10.9 Å². The second-order valence-electron chi connectivity index (χ2n) is 4.58. The van der Waals surface area contributed by atoms with Gasteiger partial charge < -0.3 is 4.74 Å². The van der Waals surface area contributed by atoms with Gasteiger partial charge in [0.05, 0.1) is 5.52 Å². The predicted molar refractivity (Wildman–Crippen MR) is 83.0 cm³/mol. The first kappa shape index (κ1) is 13.6. The van der Waals surface area contributed by atoms with Crippen molar-refractivity contribution in [1.82, 2.24) is 4.98 Å². The molecule has 21 heavy (non-hydrogen) atoms. The third-order valence-corrected chi connectivity index (χ3v) is 3.36. The Hall–Kier alpha value is -2.39. The number of ether oxygens (including phenoxy) is 1. The molecule has 0 aliphatic carbocycles. The summed E-state index contributed by atoms with van der Waals surface area (Å²) in [6.07, 6.45) is 1.71. The lowest BCUT2D eigenvalue weighted by Crippen LogP contribution is -2.11. The van der Waals surface area contributed by atoms with Gasteiger partial charge in [0.2, 0.25) is 0 Å². The molecule has 0 radical (unpaired) electrons. The number of Topliss-reactive ketones (excluding diaryl/α,β-unsaturated/α-hetero) is 1. The summed E-state index contributed by atoms with van der Waals surface area (Å²) in [6, 6.07) is 16.2. The van der Waals surface area contributed by atoms with Crippen LogP contribution in [-0.2, 0) is 0 Å². The lowest BCUT2D eigenvalue weighted by Gasteiger charge is -2.06. The van der Waals surface area contributed by atoms with Gasteiger partial charge in [-0.15, -0.1) is 0 Å². The molecule has 0 amide bonds. The van der Waals surface area contributed by atoms with Crippen LogP contribution in [0.1, 0.15) is 10.4 Å². The fourth-order valence-corrected chi connectivity index (χ4v) is 2.13. The zero-order valence-corrected chi connectivity index (χ0v) is 11.9. The second-order valence-corrected chi connectivity index (χ2v) is 5.01. The Morgan fingerprint density at radius 2 is 1.90 bits per heavy atom. The van der Waals surface area contributed by atoms with Gasteiger partial charge in [0, 0.05) is 22.2 Å². The largest absolute Gasteiger partial charge is 0.485 e. The highest BCUT2D eigenvalue weighted by atomic mass is 35.5. The summed E-state index contributed by atoms with van der Waals surface area (Å²) in [6.45, 7) is -0.0139. The third-order valence-electron chi connectivity index (χ3n) is 3.11. The van der Waals surface area contributed by atoms with E-state index in [9.17, 15) is 4.79 Å². The highest BCUT2D eigenvalue weighted by Crippen LogP contribution is 2.17. The van der Waals surface area contributed by atoms with Crippen LogP contribution >= 0.6 is 11.6 Å². The van der Waals surface area contributed by atoms with Gasteiger partial charge in [0.1, 0.15) is 5.75 Å². The number of halogens is 1. The van der Waals surface area contributed by atoms with Crippen molar-refractivity contribution < 1.29 is 9.53 Å². The number of carbonyl (C=O) groups is 1. The minimum atomic E-state index is -0.0856. The normalized spacial score (nSPS) is 10.5. The molecule has 1 aromatic heterocycles. The van der Waals surface area contributed by atoms with E-state index in [2.05, 4.69) is 4.98 Å². The van der Waals surface area contributed by atoms with Crippen LogP contribution in [0.5, 0.6) is 5.75 Å². The van der Waals surface area contributed by atoms with E-state index in [4.69, 9.17) is 16.3 Å². The molecular formula is C17H12ClNO2. The second kappa shape index (κ2) is 5.94. The highest BCUT2D eigenvalue weighted by Gasteiger charge is 2.08. The number of hydrogen-bond donors (Lipinski definition) is 0. The van der Waals surface area contributed by atoms with E-state index >= 15 is 0 Å². The first-order valence-corrected chi connectivity index (χ1v) is 6.86. The number of aromatic nitrogens is 1. The molecule has 0 N–H and O–H groups in total. The van der Waals surface area contributed by atoms with Crippen molar-refractivity contribution in [3.05, 3.63) is 71.4 Å². The smallest absolute Gasteiger partial charge is 0.200 e. The molecule has 4 heteroatoms. The molecule has 3 nitrogen and oxygen atoms in total. The van der Waals surface area contributed by atoms with Gasteiger partial charge in [-0.25, -0.2) is 0 Å². The van der Waals surface area contributed by atoms with Crippen molar-refractivity contribution in [3.8, 4) is 5.75 Å². The molecule has 0 fully saturated rings. The van der Waals surface area contributed by atoms with E-state index < -0.39 is 0 Å². The molecule has 3 rings (SSSR count). The van der Waals surface area contributed by atoms with Gasteiger partial charge in [-0.2, -0.15) is 0 Å². The minimum absolute atomic E-state index is 0.0139. The Morgan fingerprint density at radius 3 is 2.71 bits per heavy atom. The van der Waals surface area contributed by atoms with Crippen molar-refractivity contribution in [3.63, 3.8) is 0 Å². The van der Waals surface area contributed by atoms with Crippen LogP contribution < -0.4 is 4.74 Å². The number of nitrogens with zero attached hydrogens (tertiary/aromatic N) is 1. The summed E-state index contributed by atoms with van der Waals surface area (Å²) in [5.74, 6) is 0.532. The molecule has 3 aromatic rings. The molecule has 0 aliphatic rings. The Morgan fingerprint density at radius 1 is 1.10 bits per heavy atom. The topological polar surface area (TPSA) is 39.2 Å². The Kier molecular flexibility index (Phi) is 3.84. The van der Waals surface area contributed by atoms with Gasteiger partial charge in [-0.3, -0.25) is 9.78 Å².